The van der Waals surface area contributed by atoms with Crippen LogP contribution in [0.5, 0.6) is 11.5 Å². The van der Waals surface area contributed by atoms with E-state index in [0.29, 0.717) is 17.2 Å². The van der Waals surface area contributed by atoms with Crippen LogP contribution in [0.15, 0.2) is 70.2 Å². The normalized spacial score (nSPS) is 11.9. The second-order valence-corrected chi connectivity index (χ2v) is 9.80. The van der Waals surface area contributed by atoms with Gasteiger partial charge in [0.2, 0.25) is 0 Å². The van der Waals surface area contributed by atoms with E-state index in [1.165, 1.54) is 0 Å². The molecule has 0 fully saturated rings. The number of ether oxygens (including phenoxy) is 2. The van der Waals surface area contributed by atoms with Crippen molar-refractivity contribution in [2.75, 3.05) is 0 Å². The van der Waals surface area contributed by atoms with Gasteiger partial charge >= 0.3 is 11.9 Å². The molecule has 9 heteroatoms. The molecule has 0 N–H and O–H groups in total. The molecule has 0 bridgehead atoms. The summed E-state index contributed by atoms with van der Waals surface area (Å²) in [4.78, 5) is 39.2. The Morgan fingerprint density at radius 1 is 1.00 bits per heavy atom. The zero-order valence-electron chi connectivity index (χ0n) is 18.8. The van der Waals surface area contributed by atoms with Gasteiger partial charge in [-0.1, -0.05) is 24.3 Å². The van der Waals surface area contributed by atoms with E-state index in [9.17, 15) is 14.5 Å². The summed E-state index contributed by atoms with van der Waals surface area (Å²) in [5, 5.41) is 4.03. The summed E-state index contributed by atoms with van der Waals surface area (Å²) in [5.41, 5.74) is 1.42. The second kappa shape index (κ2) is 11.2. The molecule has 174 valence electrons. The first-order valence-electron chi connectivity index (χ1n) is 10.4. The Kier molecular flexibility index (Phi) is 8.28. The first-order chi connectivity index (χ1) is 16.2. The minimum atomic E-state index is -0.644. The molecule has 0 amide bonds. The maximum absolute atomic E-state index is 12.6. The topological polar surface area (TPSA) is 94.4 Å². The van der Waals surface area contributed by atoms with Crippen molar-refractivity contribution in [1.29, 1.82) is 0 Å². The summed E-state index contributed by atoms with van der Waals surface area (Å²) in [7, 11) is 0. The number of hydrogen-bond donors (Lipinski definition) is 0. The molecule has 0 heterocycles. The summed E-state index contributed by atoms with van der Waals surface area (Å²) < 4.78 is 13.1. The third-order valence-corrected chi connectivity index (χ3v) is 5.81. The van der Waals surface area contributed by atoms with Gasteiger partial charge in [0.1, 0.15) is 11.5 Å². The van der Waals surface area contributed by atoms with Gasteiger partial charge in [0, 0.05) is 21.3 Å². The molecule has 0 aromatic heterocycles. The number of isothiocyanates is 1. The number of nitroso groups, excluding NO2 is 1. The number of thiocarbonyl (C=S) groups is 1. The maximum Gasteiger partial charge on any atom is 0.318 e. The molecule has 7 nitrogen and oxygen atoms in total. The van der Waals surface area contributed by atoms with E-state index in [4.69, 9.17) is 9.47 Å². The molecule has 34 heavy (non-hydrogen) atoms. The summed E-state index contributed by atoms with van der Waals surface area (Å²) in [6.45, 7) is 5.27. The molecular formula is C25H22N2O5S2. The molecule has 1 atom stereocenters. The van der Waals surface area contributed by atoms with Crippen molar-refractivity contribution in [2.45, 2.75) is 37.9 Å². The van der Waals surface area contributed by atoms with Crippen LogP contribution in [0.2, 0.25) is 0 Å². The first-order valence-corrected chi connectivity index (χ1v) is 11.5. The molecule has 0 aliphatic rings. The molecule has 0 saturated carbocycles. The van der Waals surface area contributed by atoms with Crippen molar-refractivity contribution < 1.29 is 19.1 Å². The lowest BCUT2D eigenvalue weighted by atomic mass is 9.98. The third-order valence-electron chi connectivity index (χ3n) is 5.01. The number of esters is 2. The van der Waals surface area contributed by atoms with E-state index in [1.807, 2.05) is 24.3 Å². The van der Waals surface area contributed by atoms with E-state index in [1.54, 1.807) is 57.2 Å². The Balaban J connectivity index is 1.68. The van der Waals surface area contributed by atoms with E-state index < -0.39 is 16.6 Å². The summed E-state index contributed by atoms with van der Waals surface area (Å²) in [6.07, 6.45) is 0.0440. The van der Waals surface area contributed by atoms with Gasteiger partial charge in [-0.3, -0.25) is 9.59 Å². The fourth-order valence-corrected chi connectivity index (χ4v) is 3.70. The maximum atomic E-state index is 12.6. The molecule has 0 aliphatic carbocycles. The van der Waals surface area contributed by atoms with Crippen LogP contribution in [0.25, 0.3) is 10.8 Å². The predicted molar refractivity (Wildman–Crippen MR) is 137 cm³/mol. The zero-order chi connectivity index (χ0) is 24.7. The van der Waals surface area contributed by atoms with E-state index in [2.05, 4.69) is 27.0 Å². The SMILES string of the molecule is CC(C(=O)Oc1ccc(N=C=S)cc1)c1ccc2cc(OC(=O)CC(C)(C)SN=O)ccc2c1. The van der Waals surface area contributed by atoms with Crippen molar-refractivity contribution >= 4 is 57.7 Å². The van der Waals surface area contributed by atoms with Crippen LogP contribution in [-0.2, 0) is 9.59 Å². The third kappa shape index (κ3) is 6.81. The van der Waals surface area contributed by atoms with Gasteiger partial charge in [-0.15, -0.1) is 4.91 Å². The van der Waals surface area contributed by atoms with Gasteiger partial charge in [0.05, 0.1) is 23.2 Å². The minimum Gasteiger partial charge on any atom is -0.426 e. The van der Waals surface area contributed by atoms with Crippen molar-refractivity contribution in [3.8, 4) is 11.5 Å². The highest BCUT2D eigenvalue weighted by atomic mass is 32.2. The van der Waals surface area contributed by atoms with Gasteiger partial charge in [-0.2, -0.15) is 4.99 Å². The molecule has 0 radical (unpaired) electrons. The lowest BCUT2D eigenvalue weighted by Crippen LogP contribution is -2.22. The number of fused-ring (bicyclic) bond motifs is 1. The Labute approximate surface area is 206 Å². The van der Waals surface area contributed by atoms with Crippen LogP contribution in [0.4, 0.5) is 5.69 Å². The van der Waals surface area contributed by atoms with E-state index >= 15 is 0 Å². The summed E-state index contributed by atoms with van der Waals surface area (Å²) >= 11 is 5.38. The lowest BCUT2D eigenvalue weighted by Gasteiger charge is -2.17. The number of hydrogen-bond acceptors (Lipinski definition) is 9. The van der Waals surface area contributed by atoms with Crippen molar-refractivity contribution in [2.24, 2.45) is 9.57 Å². The van der Waals surface area contributed by atoms with Crippen LogP contribution in [-0.4, -0.2) is 21.8 Å². The van der Waals surface area contributed by atoms with Gasteiger partial charge in [0.15, 0.2) is 0 Å². The van der Waals surface area contributed by atoms with Crippen LogP contribution < -0.4 is 9.47 Å². The minimum absolute atomic E-state index is 0.0440. The highest BCUT2D eigenvalue weighted by Gasteiger charge is 2.25. The number of aliphatic imine (C=N–C) groups is 1. The van der Waals surface area contributed by atoms with Crippen molar-refractivity contribution in [1.82, 2.24) is 0 Å². The number of carbonyl (C=O) groups excluding carboxylic acids is 2. The highest BCUT2D eigenvalue weighted by molar-refractivity contribution is 7.99. The number of benzene rings is 3. The summed E-state index contributed by atoms with van der Waals surface area (Å²) in [5.74, 6) is -0.513. The standard InChI is InChI=1S/C25H22N2O5S2/c1-16(24(29)32-21-10-7-20(8-11-21)26-15-33)17-4-5-19-13-22(9-6-18(19)12-17)31-23(28)14-25(2,3)34-27-30/h4-13,16H,14H2,1-3H3. The van der Waals surface area contributed by atoms with Gasteiger partial charge in [-0.05, 0) is 85.7 Å². The van der Waals surface area contributed by atoms with Gasteiger partial charge in [0.25, 0.3) is 0 Å². The molecule has 0 saturated heterocycles. The first kappa shape index (κ1) is 25.2. The van der Waals surface area contributed by atoms with Crippen LogP contribution in [0, 0.1) is 4.91 Å². The van der Waals surface area contributed by atoms with E-state index in [0.717, 1.165) is 28.3 Å². The Bertz CT molecular complexity index is 1270. The zero-order valence-corrected chi connectivity index (χ0v) is 20.4. The summed E-state index contributed by atoms with van der Waals surface area (Å²) in [6, 6.07) is 17.5. The van der Waals surface area contributed by atoms with Gasteiger partial charge in [-0.25, -0.2) is 0 Å². The smallest absolute Gasteiger partial charge is 0.318 e. The average molecular weight is 495 g/mol. The number of nitrogens with zero attached hydrogens (tertiary/aromatic N) is 2. The quantitative estimate of drug-likeness (QED) is 0.0809. The van der Waals surface area contributed by atoms with Crippen molar-refractivity contribution in [3.05, 3.63) is 71.1 Å². The number of rotatable bonds is 9. The lowest BCUT2D eigenvalue weighted by molar-refractivity contribution is -0.136. The molecule has 3 rings (SSSR count). The average Bonchev–Trinajstić information content (AvgIpc) is 2.79. The molecule has 1 unspecified atom stereocenters. The van der Waals surface area contributed by atoms with Gasteiger partial charge < -0.3 is 9.47 Å². The highest BCUT2D eigenvalue weighted by Crippen LogP contribution is 2.30. The van der Waals surface area contributed by atoms with Crippen molar-refractivity contribution in [3.63, 3.8) is 0 Å². The molecule has 3 aromatic rings. The Hall–Kier alpha value is -3.39. The fourth-order valence-electron chi connectivity index (χ4n) is 3.21. The van der Waals surface area contributed by atoms with E-state index in [-0.39, 0.29) is 12.4 Å². The Morgan fingerprint density at radius 2 is 1.65 bits per heavy atom. The Morgan fingerprint density at radius 3 is 2.32 bits per heavy atom. The molecule has 0 spiro atoms. The van der Waals surface area contributed by atoms with Crippen LogP contribution >= 0.6 is 24.2 Å². The molecular weight excluding hydrogens is 472 g/mol. The largest absolute Gasteiger partial charge is 0.426 e. The predicted octanol–water partition coefficient (Wildman–Crippen LogP) is 6.77. The second-order valence-electron chi connectivity index (χ2n) is 8.18. The molecule has 0 aliphatic heterocycles. The number of carbonyl (C=O) groups is 2. The monoisotopic (exact) mass is 494 g/mol. The van der Waals surface area contributed by atoms with Crippen LogP contribution in [0.1, 0.15) is 38.7 Å². The van der Waals surface area contributed by atoms with Crippen LogP contribution in [0.3, 0.4) is 0 Å². The fraction of sp³-hybridized carbons (Fsp3) is 0.240. The molecule has 3 aromatic carbocycles.